The van der Waals surface area contributed by atoms with Gasteiger partial charge in [0, 0.05) is 17.1 Å². The third kappa shape index (κ3) is 3.38. The largest absolute Gasteiger partial charge is 0.322 e. The summed E-state index contributed by atoms with van der Waals surface area (Å²) in [6.45, 7) is 1.80. The molecular weight excluding hydrogens is 345 g/mol. The normalized spacial score (nSPS) is 10.4. The topological polar surface area (TPSA) is 29.1 Å². The molecule has 0 unspecified atom stereocenters. The Hall–Kier alpha value is -1.39. The fourth-order valence-corrected chi connectivity index (χ4v) is 2.36. The molecule has 0 aliphatic rings. The predicted molar refractivity (Wildman–Crippen MR) is 82.8 cm³/mol. The van der Waals surface area contributed by atoms with Crippen LogP contribution in [0.5, 0.6) is 0 Å². The van der Waals surface area contributed by atoms with Gasteiger partial charge < -0.3 is 5.32 Å². The van der Waals surface area contributed by atoms with E-state index in [1.807, 2.05) is 0 Å². The Labute approximate surface area is 130 Å². The molecule has 0 radical (unpaired) electrons. The predicted octanol–water partition coefficient (Wildman–Crippen LogP) is 4.89. The highest BCUT2D eigenvalue weighted by molar-refractivity contribution is 9.10. The average molecular weight is 357 g/mol. The van der Waals surface area contributed by atoms with Crippen molar-refractivity contribution in [2.24, 2.45) is 0 Å². The Morgan fingerprint density at radius 2 is 1.95 bits per heavy atom. The van der Waals surface area contributed by atoms with Crippen molar-refractivity contribution in [1.82, 2.24) is 0 Å². The van der Waals surface area contributed by atoms with Crippen molar-refractivity contribution in [3.05, 3.63) is 63.4 Å². The molecule has 0 bridgehead atoms. The van der Waals surface area contributed by atoms with E-state index in [1.165, 1.54) is 6.07 Å². The van der Waals surface area contributed by atoms with Crippen LogP contribution in [-0.2, 0) is 5.88 Å². The standard InChI is InChI=1S/C15H12BrClFNO/c1-9-6-12(16)13(18)7-14(9)19-15(20)11-4-2-10(8-17)3-5-11/h2-7H,8H2,1H3,(H,19,20). The van der Waals surface area contributed by atoms with Gasteiger partial charge >= 0.3 is 0 Å². The first-order chi connectivity index (χ1) is 9.51. The van der Waals surface area contributed by atoms with Gasteiger partial charge in [-0.3, -0.25) is 4.79 Å². The van der Waals surface area contributed by atoms with Crippen LogP contribution < -0.4 is 5.32 Å². The van der Waals surface area contributed by atoms with Crippen molar-refractivity contribution in [3.8, 4) is 0 Å². The number of anilines is 1. The first kappa shape index (κ1) is 15.0. The summed E-state index contributed by atoms with van der Waals surface area (Å²) >= 11 is 8.80. The van der Waals surface area contributed by atoms with Gasteiger partial charge in [-0.1, -0.05) is 12.1 Å². The van der Waals surface area contributed by atoms with E-state index in [4.69, 9.17) is 11.6 Å². The van der Waals surface area contributed by atoms with Crippen molar-refractivity contribution < 1.29 is 9.18 Å². The highest BCUT2D eigenvalue weighted by Crippen LogP contribution is 2.24. The number of amides is 1. The molecule has 2 rings (SSSR count). The molecule has 0 aliphatic heterocycles. The van der Waals surface area contributed by atoms with Gasteiger partial charge in [-0.15, -0.1) is 11.6 Å². The Balaban J connectivity index is 2.20. The molecule has 1 N–H and O–H groups in total. The van der Waals surface area contributed by atoms with E-state index >= 15 is 0 Å². The summed E-state index contributed by atoms with van der Waals surface area (Å²) in [5.74, 6) is -0.293. The summed E-state index contributed by atoms with van der Waals surface area (Å²) < 4.78 is 13.9. The highest BCUT2D eigenvalue weighted by atomic mass is 79.9. The maximum absolute atomic E-state index is 13.5. The van der Waals surface area contributed by atoms with Gasteiger partial charge in [0.25, 0.3) is 5.91 Å². The van der Waals surface area contributed by atoms with Gasteiger partial charge in [-0.2, -0.15) is 0 Å². The van der Waals surface area contributed by atoms with Crippen molar-refractivity contribution in [2.45, 2.75) is 12.8 Å². The Kier molecular flexibility index (Phi) is 4.78. The van der Waals surface area contributed by atoms with Crippen LogP contribution in [0, 0.1) is 12.7 Å². The maximum Gasteiger partial charge on any atom is 0.255 e. The number of alkyl halides is 1. The monoisotopic (exact) mass is 355 g/mol. The number of halogens is 3. The molecule has 0 spiro atoms. The molecule has 0 atom stereocenters. The average Bonchev–Trinajstić information content (AvgIpc) is 2.44. The van der Waals surface area contributed by atoms with E-state index in [0.717, 1.165) is 11.1 Å². The number of hydrogen-bond acceptors (Lipinski definition) is 1. The molecule has 2 nitrogen and oxygen atoms in total. The number of nitrogens with one attached hydrogen (secondary N) is 1. The zero-order chi connectivity index (χ0) is 14.7. The zero-order valence-corrected chi connectivity index (χ0v) is 13.1. The van der Waals surface area contributed by atoms with Gasteiger partial charge in [0.05, 0.1) is 4.47 Å². The molecule has 0 aromatic heterocycles. The van der Waals surface area contributed by atoms with Crippen LogP contribution >= 0.6 is 27.5 Å². The summed E-state index contributed by atoms with van der Waals surface area (Å²) in [5.41, 5.74) is 2.68. The lowest BCUT2D eigenvalue weighted by Gasteiger charge is -2.10. The molecule has 1 amide bonds. The Morgan fingerprint density at radius 1 is 1.30 bits per heavy atom. The van der Waals surface area contributed by atoms with Crippen LogP contribution in [0.2, 0.25) is 0 Å². The summed E-state index contributed by atoms with van der Waals surface area (Å²) in [4.78, 5) is 12.1. The summed E-state index contributed by atoms with van der Waals surface area (Å²) in [6, 6.07) is 9.88. The number of aryl methyl sites for hydroxylation is 1. The molecule has 2 aromatic rings. The molecule has 2 aromatic carbocycles. The van der Waals surface area contributed by atoms with Crippen molar-refractivity contribution in [3.63, 3.8) is 0 Å². The quantitative estimate of drug-likeness (QED) is 0.780. The van der Waals surface area contributed by atoms with E-state index < -0.39 is 5.82 Å². The SMILES string of the molecule is Cc1cc(Br)c(F)cc1NC(=O)c1ccc(CCl)cc1. The highest BCUT2D eigenvalue weighted by Gasteiger charge is 2.10. The summed E-state index contributed by atoms with van der Waals surface area (Å²) in [6.07, 6.45) is 0. The Morgan fingerprint density at radius 3 is 2.55 bits per heavy atom. The molecule has 0 heterocycles. The molecule has 5 heteroatoms. The molecule has 0 fully saturated rings. The Bertz CT molecular complexity index is 643. The lowest BCUT2D eigenvalue weighted by molar-refractivity contribution is 0.102. The molecule has 0 saturated heterocycles. The van der Waals surface area contributed by atoms with Gasteiger partial charge in [0.15, 0.2) is 0 Å². The minimum Gasteiger partial charge on any atom is -0.322 e. The summed E-state index contributed by atoms with van der Waals surface area (Å²) in [5, 5.41) is 2.70. The first-order valence-corrected chi connectivity index (χ1v) is 7.26. The zero-order valence-electron chi connectivity index (χ0n) is 10.7. The minimum atomic E-state index is -0.414. The van der Waals surface area contributed by atoms with Crippen molar-refractivity contribution in [2.75, 3.05) is 5.32 Å². The smallest absolute Gasteiger partial charge is 0.255 e. The maximum atomic E-state index is 13.5. The number of rotatable bonds is 3. The van der Waals surface area contributed by atoms with Crippen LogP contribution in [0.1, 0.15) is 21.5 Å². The number of hydrogen-bond donors (Lipinski definition) is 1. The lowest BCUT2D eigenvalue weighted by atomic mass is 10.1. The number of benzene rings is 2. The van der Waals surface area contributed by atoms with Gasteiger partial charge in [0.1, 0.15) is 5.82 Å². The van der Waals surface area contributed by atoms with E-state index in [-0.39, 0.29) is 5.91 Å². The van der Waals surface area contributed by atoms with Gasteiger partial charge in [0.2, 0.25) is 0 Å². The molecule has 20 heavy (non-hydrogen) atoms. The molecule has 104 valence electrons. The van der Waals surface area contributed by atoms with E-state index in [1.54, 1.807) is 37.3 Å². The molecular formula is C15H12BrClFNO. The lowest BCUT2D eigenvalue weighted by Crippen LogP contribution is -2.13. The van der Waals surface area contributed by atoms with Crippen LogP contribution in [0.25, 0.3) is 0 Å². The first-order valence-electron chi connectivity index (χ1n) is 5.93. The van der Waals surface area contributed by atoms with E-state index in [0.29, 0.717) is 21.6 Å². The van der Waals surface area contributed by atoms with Crippen molar-refractivity contribution in [1.29, 1.82) is 0 Å². The third-order valence-corrected chi connectivity index (χ3v) is 3.80. The van der Waals surface area contributed by atoms with E-state index in [9.17, 15) is 9.18 Å². The fourth-order valence-electron chi connectivity index (χ4n) is 1.72. The number of carbonyl (C=O) groups excluding carboxylic acids is 1. The second-order valence-electron chi connectivity index (χ2n) is 4.37. The van der Waals surface area contributed by atoms with Crippen LogP contribution in [-0.4, -0.2) is 5.91 Å². The summed E-state index contributed by atoms with van der Waals surface area (Å²) in [7, 11) is 0. The van der Waals surface area contributed by atoms with E-state index in [2.05, 4.69) is 21.2 Å². The molecule has 0 aliphatic carbocycles. The van der Waals surface area contributed by atoms with Crippen LogP contribution in [0.3, 0.4) is 0 Å². The second kappa shape index (κ2) is 6.37. The van der Waals surface area contributed by atoms with Gasteiger partial charge in [-0.25, -0.2) is 4.39 Å². The number of carbonyl (C=O) groups is 1. The van der Waals surface area contributed by atoms with Gasteiger partial charge in [-0.05, 0) is 58.2 Å². The third-order valence-electron chi connectivity index (χ3n) is 2.89. The second-order valence-corrected chi connectivity index (χ2v) is 5.49. The molecule has 0 saturated carbocycles. The minimum absolute atomic E-state index is 0.282. The van der Waals surface area contributed by atoms with Crippen LogP contribution in [0.15, 0.2) is 40.9 Å². The van der Waals surface area contributed by atoms with Crippen molar-refractivity contribution >= 4 is 39.1 Å². The fraction of sp³-hybridized carbons (Fsp3) is 0.133. The van der Waals surface area contributed by atoms with Crippen LogP contribution in [0.4, 0.5) is 10.1 Å².